The van der Waals surface area contributed by atoms with Crippen LogP contribution in [0.3, 0.4) is 0 Å². The zero-order valence-corrected chi connectivity index (χ0v) is 17.7. The van der Waals surface area contributed by atoms with Gasteiger partial charge in [-0.3, -0.25) is 0 Å². The van der Waals surface area contributed by atoms with Crippen molar-refractivity contribution in [2.45, 2.75) is 51.5 Å². The van der Waals surface area contributed by atoms with Crippen molar-refractivity contribution in [1.82, 2.24) is 10.2 Å². The lowest BCUT2D eigenvalue weighted by atomic mass is 9.85. The van der Waals surface area contributed by atoms with Crippen LogP contribution >= 0.6 is 22.7 Å². The third kappa shape index (κ3) is 2.56. The summed E-state index contributed by atoms with van der Waals surface area (Å²) in [5.74, 6) is -2.47. The van der Waals surface area contributed by atoms with Crippen LogP contribution in [0.25, 0.3) is 10.2 Å². The van der Waals surface area contributed by atoms with Gasteiger partial charge in [0.15, 0.2) is 0 Å². The van der Waals surface area contributed by atoms with E-state index >= 15 is 0 Å². The fourth-order valence-corrected chi connectivity index (χ4v) is 6.90. The van der Waals surface area contributed by atoms with Crippen molar-refractivity contribution in [2.75, 3.05) is 5.32 Å². The van der Waals surface area contributed by atoms with E-state index in [2.05, 4.69) is 40.0 Å². The first-order chi connectivity index (χ1) is 14.0. The number of aryl methyl sites for hydroxylation is 2. The molecule has 0 aromatic carbocycles. The summed E-state index contributed by atoms with van der Waals surface area (Å²) >= 11 is 3.45. The molecular formula is C22H21F2N3S2. The first-order valence-electron chi connectivity index (χ1n) is 10.1. The van der Waals surface area contributed by atoms with Gasteiger partial charge in [0.25, 0.3) is 5.92 Å². The maximum Gasteiger partial charge on any atom is 0.255 e. The Labute approximate surface area is 175 Å². The molecule has 7 heteroatoms. The zero-order chi connectivity index (χ0) is 19.9. The van der Waals surface area contributed by atoms with Crippen molar-refractivity contribution in [2.24, 2.45) is 10.8 Å². The fraction of sp³-hybridized carbons (Fsp3) is 0.455. The van der Waals surface area contributed by atoms with Crippen LogP contribution in [0.15, 0.2) is 35.4 Å². The third-order valence-corrected chi connectivity index (χ3v) is 9.30. The van der Waals surface area contributed by atoms with Gasteiger partial charge in [-0.1, -0.05) is 17.7 Å². The molecule has 1 N–H and O–H groups in total. The maximum atomic E-state index is 14.2. The lowest BCUT2D eigenvalue weighted by molar-refractivity contribution is 0.0432. The summed E-state index contributed by atoms with van der Waals surface area (Å²) in [4.78, 5) is 2.52. The van der Waals surface area contributed by atoms with Crippen LogP contribution in [0.2, 0.25) is 0 Å². The minimum Gasteiger partial charge on any atom is -0.378 e. The van der Waals surface area contributed by atoms with Gasteiger partial charge in [-0.15, -0.1) is 27.8 Å². The van der Waals surface area contributed by atoms with Crippen LogP contribution in [0.4, 0.5) is 14.5 Å². The molecule has 0 amide bonds. The van der Waals surface area contributed by atoms with Gasteiger partial charge in [0.2, 0.25) is 0 Å². The van der Waals surface area contributed by atoms with Crippen molar-refractivity contribution in [3.8, 4) is 0 Å². The standard InChI is InChI=1S/C22H21F2N3S2/c1-13-17(5-2-6-21(12-22(21,23)24)20-8-14(20)9-20)29-19-16(11-26-27-18(13)19)25-10-15-4-3-7-28-15/h3-4,7-8,11H,2,5-6,9-10,12H2,1H3,(H,25,27)/t20?,21-/m1/s1. The Morgan fingerprint density at radius 2 is 2.10 bits per heavy atom. The second-order valence-electron chi connectivity index (χ2n) is 8.65. The van der Waals surface area contributed by atoms with Crippen LogP contribution in [0, 0.1) is 17.8 Å². The number of hydrogen-bond donors (Lipinski definition) is 1. The lowest BCUT2D eigenvalue weighted by Gasteiger charge is -2.19. The molecule has 0 aliphatic heterocycles. The van der Waals surface area contributed by atoms with E-state index in [-0.39, 0.29) is 11.8 Å². The molecule has 3 aliphatic rings. The second kappa shape index (κ2) is 5.85. The SMILES string of the molecule is Cc1c(CCC[C@]2(C34C=C3C4)CC2(F)F)sc2c(NCc3cccs3)cnnc12. The number of alkyl halides is 2. The normalized spacial score (nSPS) is 28.2. The van der Waals surface area contributed by atoms with E-state index in [1.807, 2.05) is 6.07 Å². The summed E-state index contributed by atoms with van der Waals surface area (Å²) < 4.78 is 29.5. The second-order valence-corrected chi connectivity index (χ2v) is 10.8. The topological polar surface area (TPSA) is 37.8 Å². The highest BCUT2D eigenvalue weighted by molar-refractivity contribution is 7.19. The number of anilines is 1. The van der Waals surface area contributed by atoms with Crippen molar-refractivity contribution in [1.29, 1.82) is 0 Å². The molecule has 1 unspecified atom stereocenters. The molecule has 2 fully saturated rings. The third-order valence-electron chi connectivity index (χ3n) is 7.05. The van der Waals surface area contributed by atoms with E-state index in [1.165, 1.54) is 15.3 Å². The molecular weight excluding hydrogens is 408 g/mol. The number of halogens is 2. The molecule has 3 aliphatic carbocycles. The predicted molar refractivity (Wildman–Crippen MR) is 114 cm³/mol. The monoisotopic (exact) mass is 429 g/mol. The average molecular weight is 430 g/mol. The summed E-state index contributed by atoms with van der Waals surface area (Å²) in [5.41, 5.74) is 3.42. The van der Waals surface area contributed by atoms with E-state index in [4.69, 9.17) is 0 Å². The Morgan fingerprint density at radius 1 is 1.31 bits per heavy atom. The smallest absolute Gasteiger partial charge is 0.255 e. The number of nitrogens with one attached hydrogen (secondary N) is 1. The van der Waals surface area contributed by atoms with Crippen molar-refractivity contribution in [3.05, 3.63) is 50.7 Å². The highest BCUT2D eigenvalue weighted by atomic mass is 32.1. The van der Waals surface area contributed by atoms with Gasteiger partial charge in [-0.25, -0.2) is 8.78 Å². The Hall–Kier alpha value is -1.86. The fourth-order valence-electron chi connectivity index (χ4n) is 4.98. The Morgan fingerprint density at radius 3 is 2.76 bits per heavy atom. The molecule has 0 spiro atoms. The predicted octanol–water partition coefficient (Wildman–Crippen LogP) is 6.35. The van der Waals surface area contributed by atoms with Crippen LogP contribution in [0.5, 0.6) is 0 Å². The minimum absolute atomic E-state index is 0.0770. The Balaban J connectivity index is 1.18. The van der Waals surface area contributed by atoms with Crippen LogP contribution in [-0.4, -0.2) is 16.1 Å². The molecule has 0 radical (unpaired) electrons. The number of hydrogen-bond acceptors (Lipinski definition) is 5. The largest absolute Gasteiger partial charge is 0.378 e. The van der Waals surface area contributed by atoms with Crippen LogP contribution in [0.1, 0.15) is 41.0 Å². The van der Waals surface area contributed by atoms with Gasteiger partial charge < -0.3 is 5.32 Å². The van der Waals surface area contributed by atoms with E-state index in [9.17, 15) is 8.78 Å². The van der Waals surface area contributed by atoms with Gasteiger partial charge in [-0.05, 0) is 49.6 Å². The molecule has 3 aromatic rings. The molecule has 3 heterocycles. The highest BCUT2D eigenvalue weighted by Gasteiger charge is 2.87. The summed E-state index contributed by atoms with van der Waals surface area (Å²) in [5, 5.41) is 14.1. The Kier molecular flexibility index (Phi) is 3.62. The molecule has 2 atom stereocenters. The molecule has 3 nitrogen and oxygen atoms in total. The van der Waals surface area contributed by atoms with E-state index in [0.717, 1.165) is 47.3 Å². The van der Waals surface area contributed by atoms with Crippen LogP contribution < -0.4 is 5.32 Å². The van der Waals surface area contributed by atoms with Gasteiger partial charge in [0.1, 0.15) is 5.52 Å². The lowest BCUT2D eigenvalue weighted by Crippen LogP contribution is -2.19. The highest BCUT2D eigenvalue weighted by Crippen LogP contribution is 2.88. The van der Waals surface area contributed by atoms with Gasteiger partial charge >= 0.3 is 0 Å². The summed E-state index contributed by atoms with van der Waals surface area (Å²) in [7, 11) is 0. The minimum atomic E-state index is -2.47. The van der Waals surface area contributed by atoms with Crippen LogP contribution in [-0.2, 0) is 13.0 Å². The summed E-state index contributed by atoms with van der Waals surface area (Å²) in [6.07, 6.45) is 7.11. The number of fused-ring (bicyclic) bond motifs is 2. The number of allylic oxidation sites excluding steroid dienone is 2. The molecule has 2 saturated carbocycles. The van der Waals surface area contributed by atoms with Crippen molar-refractivity contribution < 1.29 is 8.78 Å². The van der Waals surface area contributed by atoms with Crippen molar-refractivity contribution in [3.63, 3.8) is 0 Å². The number of rotatable bonds is 8. The van der Waals surface area contributed by atoms with E-state index in [0.29, 0.717) is 6.42 Å². The molecule has 3 aromatic heterocycles. The number of aromatic nitrogens is 2. The average Bonchev–Trinajstić information content (AvgIpc) is 3.56. The van der Waals surface area contributed by atoms with Gasteiger partial charge in [0, 0.05) is 28.1 Å². The van der Waals surface area contributed by atoms with Gasteiger partial charge in [0.05, 0.1) is 22.0 Å². The first-order valence-corrected chi connectivity index (χ1v) is 11.8. The quantitative estimate of drug-likeness (QED) is 0.424. The van der Waals surface area contributed by atoms with Crippen molar-refractivity contribution >= 4 is 38.6 Å². The van der Waals surface area contributed by atoms with E-state index in [1.54, 1.807) is 28.9 Å². The molecule has 150 valence electrons. The summed E-state index contributed by atoms with van der Waals surface area (Å²) in [6, 6.07) is 4.16. The molecule has 6 rings (SSSR count). The first kappa shape index (κ1) is 18.0. The Bertz CT molecular complexity index is 1150. The molecule has 29 heavy (non-hydrogen) atoms. The zero-order valence-electron chi connectivity index (χ0n) is 16.1. The van der Waals surface area contributed by atoms with E-state index < -0.39 is 11.3 Å². The number of thiophene rings is 2. The molecule has 0 bridgehead atoms. The maximum absolute atomic E-state index is 14.2. The molecule has 0 saturated heterocycles. The summed E-state index contributed by atoms with van der Waals surface area (Å²) in [6.45, 7) is 2.84. The number of nitrogens with zero attached hydrogens (tertiary/aromatic N) is 2. The van der Waals surface area contributed by atoms with Gasteiger partial charge in [-0.2, -0.15) is 5.10 Å².